The maximum Gasteiger partial charge on any atom is 0.221 e. The number of aromatic nitrogens is 1. The highest BCUT2D eigenvalue weighted by Crippen LogP contribution is 2.18. The summed E-state index contributed by atoms with van der Waals surface area (Å²) >= 11 is 0. The summed E-state index contributed by atoms with van der Waals surface area (Å²) < 4.78 is 5.19. The first-order valence-corrected chi connectivity index (χ1v) is 8.15. The molecule has 1 aromatic heterocycles. The molecular weight excluding hydrogens is 300 g/mol. The van der Waals surface area contributed by atoms with Gasteiger partial charge in [-0.1, -0.05) is 18.2 Å². The molecule has 4 nitrogen and oxygen atoms in total. The van der Waals surface area contributed by atoms with Crippen molar-refractivity contribution in [2.45, 2.75) is 19.5 Å². The third-order valence-corrected chi connectivity index (χ3v) is 4.63. The van der Waals surface area contributed by atoms with Crippen LogP contribution in [0, 0.1) is 0 Å². The minimum atomic E-state index is -0.119. The van der Waals surface area contributed by atoms with Gasteiger partial charge in [0.05, 0.1) is 14.2 Å². The summed E-state index contributed by atoms with van der Waals surface area (Å²) in [5.74, 6) is 1.01. The molecule has 1 heterocycles. The number of fused-ring (bicyclic) bond motifs is 1. The lowest BCUT2D eigenvalue weighted by Gasteiger charge is -2.20. The molecule has 2 N–H and O–H groups in total. The molecular formula is C20H23N2O2+. The highest BCUT2D eigenvalue weighted by atomic mass is 16.5. The van der Waals surface area contributed by atoms with E-state index in [1.807, 2.05) is 61.7 Å². The number of quaternary nitrogens is 1. The van der Waals surface area contributed by atoms with Crippen LogP contribution in [0.15, 0.2) is 54.7 Å². The van der Waals surface area contributed by atoms with Crippen LogP contribution in [-0.2, 0) is 6.54 Å². The van der Waals surface area contributed by atoms with E-state index in [4.69, 9.17) is 4.74 Å². The van der Waals surface area contributed by atoms with Crippen LogP contribution in [0.4, 0.5) is 0 Å². The van der Waals surface area contributed by atoms with Crippen molar-refractivity contribution in [1.82, 2.24) is 4.98 Å². The lowest BCUT2D eigenvalue weighted by molar-refractivity contribution is -0.907. The second kappa shape index (κ2) is 6.89. The van der Waals surface area contributed by atoms with Crippen LogP contribution in [0.25, 0.3) is 10.9 Å². The summed E-state index contributed by atoms with van der Waals surface area (Å²) in [6, 6.07) is 15.8. The Labute approximate surface area is 142 Å². The maximum absolute atomic E-state index is 12.9. The number of Topliss-reactive ketones (excluding diaryl/α,β-unsaturated/α-hetero) is 1. The van der Waals surface area contributed by atoms with Gasteiger partial charge in [0.1, 0.15) is 18.3 Å². The van der Waals surface area contributed by atoms with Crippen molar-refractivity contribution in [2.24, 2.45) is 0 Å². The number of likely N-dealkylation sites (N-methyl/N-ethyl adjacent to an activating group) is 1. The van der Waals surface area contributed by atoms with Gasteiger partial charge in [-0.25, -0.2) is 0 Å². The maximum atomic E-state index is 12.9. The number of methoxy groups -OCH3 is 1. The SMILES string of the molecule is COc1ccc(C[NH+](C)[C@H](C)C(=O)c2c[nH]c3ccccc23)cc1. The zero-order valence-electron chi connectivity index (χ0n) is 14.3. The van der Waals surface area contributed by atoms with Crippen LogP contribution in [0.1, 0.15) is 22.8 Å². The first-order chi connectivity index (χ1) is 11.6. The predicted octanol–water partition coefficient (Wildman–Crippen LogP) is 2.46. The van der Waals surface area contributed by atoms with Crippen molar-refractivity contribution in [3.05, 3.63) is 65.9 Å². The zero-order valence-corrected chi connectivity index (χ0v) is 14.3. The summed E-state index contributed by atoms with van der Waals surface area (Å²) in [7, 11) is 3.72. The van der Waals surface area contributed by atoms with Gasteiger partial charge in [0, 0.05) is 28.2 Å². The fraction of sp³-hybridized carbons (Fsp3) is 0.250. The van der Waals surface area contributed by atoms with Gasteiger partial charge < -0.3 is 14.6 Å². The quantitative estimate of drug-likeness (QED) is 0.685. The van der Waals surface area contributed by atoms with E-state index >= 15 is 0 Å². The first kappa shape index (κ1) is 16.3. The molecule has 0 bridgehead atoms. The van der Waals surface area contributed by atoms with E-state index < -0.39 is 0 Å². The number of hydrogen-bond acceptors (Lipinski definition) is 2. The van der Waals surface area contributed by atoms with Crippen LogP contribution >= 0.6 is 0 Å². The van der Waals surface area contributed by atoms with Gasteiger partial charge in [-0.15, -0.1) is 0 Å². The Morgan fingerprint density at radius 3 is 2.58 bits per heavy atom. The summed E-state index contributed by atoms with van der Waals surface area (Å²) in [5, 5.41) is 0.992. The molecule has 124 valence electrons. The molecule has 0 aliphatic carbocycles. The predicted molar refractivity (Wildman–Crippen MR) is 95.7 cm³/mol. The average molecular weight is 323 g/mol. The number of para-hydroxylation sites is 1. The number of H-pyrrole nitrogens is 1. The Kier molecular flexibility index (Phi) is 4.67. The van der Waals surface area contributed by atoms with E-state index in [0.29, 0.717) is 0 Å². The van der Waals surface area contributed by atoms with Gasteiger partial charge in [0.25, 0.3) is 0 Å². The lowest BCUT2D eigenvalue weighted by Crippen LogP contribution is -3.12. The van der Waals surface area contributed by atoms with Gasteiger partial charge in [-0.2, -0.15) is 0 Å². The number of hydrogen-bond donors (Lipinski definition) is 2. The molecule has 2 aromatic carbocycles. The molecule has 2 atom stereocenters. The standard InChI is InChI=1S/C20H22N2O2/c1-14(22(2)13-15-8-10-16(24-3)11-9-15)20(23)18-12-21-19-7-5-4-6-17(18)19/h4-12,14,21H,13H2,1-3H3/p+1/t14-/m1/s1. The van der Waals surface area contributed by atoms with Gasteiger partial charge in [0.2, 0.25) is 5.78 Å². The summed E-state index contributed by atoms with van der Waals surface area (Å²) in [4.78, 5) is 17.2. The van der Waals surface area contributed by atoms with Crippen LogP contribution in [-0.4, -0.2) is 31.0 Å². The Balaban J connectivity index is 1.74. The van der Waals surface area contributed by atoms with Gasteiger partial charge in [-0.05, 0) is 37.3 Å². The molecule has 0 radical (unpaired) electrons. The van der Waals surface area contributed by atoms with E-state index in [9.17, 15) is 4.79 Å². The molecule has 3 aromatic rings. The number of rotatable bonds is 6. The number of benzene rings is 2. The minimum Gasteiger partial charge on any atom is -0.497 e. The summed E-state index contributed by atoms with van der Waals surface area (Å²) in [6.45, 7) is 2.78. The van der Waals surface area contributed by atoms with Gasteiger partial charge in [-0.3, -0.25) is 4.79 Å². The molecule has 0 saturated carbocycles. The molecule has 1 unspecified atom stereocenters. The number of nitrogens with one attached hydrogen (secondary N) is 2. The smallest absolute Gasteiger partial charge is 0.221 e. The highest BCUT2D eigenvalue weighted by Gasteiger charge is 2.25. The Morgan fingerprint density at radius 1 is 1.17 bits per heavy atom. The largest absolute Gasteiger partial charge is 0.497 e. The monoisotopic (exact) mass is 323 g/mol. The van der Waals surface area contributed by atoms with Crippen molar-refractivity contribution < 1.29 is 14.4 Å². The third-order valence-electron chi connectivity index (χ3n) is 4.63. The van der Waals surface area contributed by atoms with Crippen molar-refractivity contribution in [3.8, 4) is 5.75 Å². The highest BCUT2D eigenvalue weighted by molar-refractivity contribution is 6.09. The molecule has 0 fully saturated rings. The number of ketones is 1. The number of carbonyl (C=O) groups is 1. The Bertz CT molecular complexity index is 836. The second-order valence-corrected chi connectivity index (χ2v) is 6.21. The van der Waals surface area contributed by atoms with Crippen molar-refractivity contribution >= 4 is 16.7 Å². The van der Waals surface area contributed by atoms with Gasteiger partial charge >= 0.3 is 0 Å². The van der Waals surface area contributed by atoms with E-state index in [2.05, 4.69) is 12.0 Å². The number of carbonyl (C=O) groups excluding carboxylic acids is 1. The molecule has 0 amide bonds. The molecule has 24 heavy (non-hydrogen) atoms. The summed E-state index contributed by atoms with van der Waals surface area (Å²) in [6.07, 6.45) is 1.82. The second-order valence-electron chi connectivity index (χ2n) is 6.21. The first-order valence-electron chi connectivity index (χ1n) is 8.15. The van der Waals surface area contributed by atoms with Crippen molar-refractivity contribution in [3.63, 3.8) is 0 Å². The molecule has 0 aliphatic rings. The van der Waals surface area contributed by atoms with E-state index in [-0.39, 0.29) is 11.8 Å². The van der Waals surface area contributed by atoms with Crippen molar-refractivity contribution in [1.29, 1.82) is 0 Å². The average Bonchev–Trinajstić information content (AvgIpc) is 3.05. The fourth-order valence-corrected chi connectivity index (χ4v) is 2.95. The summed E-state index contributed by atoms with van der Waals surface area (Å²) in [5.41, 5.74) is 2.96. The normalized spacial score (nSPS) is 13.6. The molecule has 3 rings (SSSR count). The number of aromatic amines is 1. The van der Waals surface area contributed by atoms with E-state index in [1.165, 1.54) is 5.56 Å². The zero-order chi connectivity index (χ0) is 17.1. The molecule has 0 spiro atoms. The minimum absolute atomic E-state index is 0.119. The van der Waals surface area contributed by atoms with Crippen LogP contribution in [0.2, 0.25) is 0 Å². The number of ether oxygens (including phenoxy) is 1. The molecule has 4 heteroatoms. The molecule has 0 saturated heterocycles. The van der Waals surface area contributed by atoms with Gasteiger partial charge in [0.15, 0.2) is 0 Å². The lowest BCUT2D eigenvalue weighted by atomic mass is 10.0. The van der Waals surface area contributed by atoms with E-state index in [0.717, 1.165) is 33.7 Å². The Hall–Kier alpha value is -2.59. The van der Waals surface area contributed by atoms with Crippen LogP contribution in [0.5, 0.6) is 5.75 Å². The fourth-order valence-electron chi connectivity index (χ4n) is 2.95. The third kappa shape index (κ3) is 3.19. The molecule has 0 aliphatic heterocycles. The topological polar surface area (TPSA) is 46.5 Å². The Morgan fingerprint density at radius 2 is 1.88 bits per heavy atom. The van der Waals surface area contributed by atoms with Crippen molar-refractivity contribution in [2.75, 3.05) is 14.2 Å². The van der Waals surface area contributed by atoms with Crippen LogP contribution < -0.4 is 9.64 Å². The van der Waals surface area contributed by atoms with Crippen LogP contribution in [0.3, 0.4) is 0 Å². The van der Waals surface area contributed by atoms with E-state index in [1.54, 1.807) is 7.11 Å².